The molecule has 10 nitrogen and oxygen atoms in total. The zero-order chi connectivity index (χ0) is 31.4. The first-order chi connectivity index (χ1) is 20.7. The number of benzene rings is 1. The SMILES string of the molecule is O=C(NCc1ccc(F)c(OC(F)(F)F)c1)c1cc(C(=O)N[C@@H]2CCC3=C[C@@]4(c5nc(C(F)(F)F)n[nH]5)CC4C=C32)ncn1. The lowest BCUT2D eigenvalue weighted by Gasteiger charge is -2.20. The first-order valence-electron chi connectivity index (χ1n) is 13.1. The van der Waals surface area contributed by atoms with Crippen molar-refractivity contribution in [3.05, 3.63) is 88.3 Å². The van der Waals surface area contributed by atoms with E-state index in [9.17, 15) is 40.3 Å². The van der Waals surface area contributed by atoms with Crippen molar-refractivity contribution >= 4 is 11.8 Å². The molecule has 2 aromatic heterocycles. The van der Waals surface area contributed by atoms with E-state index in [1.165, 1.54) is 6.07 Å². The summed E-state index contributed by atoms with van der Waals surface area (Å²) in [7, 11) is 0. The summed E-state index contributed by atoms with van der Waals surface area (Å²) >= 11 is 0. The molecule has 1 aromatic carbocycles. The molecule has 2 fully saturated rings. The van der Waals surface area contributed by atoms with Crippen molar-refractivity contribution in [1.82, 2.24) is 35.8 Å². The fourth-order valence-electron chi connectivity index (χ4n) is 5.47. The number of H-pyrrole nitrogens is 1. The third kappa shape index (κ3) is 5.72. The highest BCUT2D eigenvalue weighted by atomic mass is 19.4. The molecule has 6 rings (SSSR count). The Balaban J connectivity index is 1.09. The number of carbonyl (C=O) groups excluding carboxylic acids is 2. The monoisotopic (exact) mass is 623 g/mol. The van der Waals surface area contributed by atoms with Crippen LogP contribution in [0.15, 0.2) is 53.9 Å². The molecule has 3 aliphatic rings. The number of hydrogen-bond donors (Lipinski definition) is 3. The first kappa shape index (κ1) is 29.3. The second kappa shape index (κ2) is 10.4. The van der Waals surface area contributed by atoms with Gasteiger partial charge in [-0.05, 0) is 54.0 Å². The molecular formula is C27H20F7N7O3. The third-order valence-corrected chi connectivity index (χ3v) is 7.61. The summed E-state index contributed by atoms with van der Waals surface area (Å²) in [5.74, 6) is -4.84. The topological polar surface area (TPSA) is 135 Å². The van der Waals surface area contributed by atoms with Gasteiger partial charge in [0.25, 0.3) is 17.6 Å². The maximum absolute atomic E-state index is 13.7. The van der Waals surface area contributed by atoms with Gasteiger partial charge in [-0.15, -0.1) is 18.3 Å². The number of allylic oxidation sites excluding steroid dienone is 2. The molecule has 0 radical (unpaired) electrons. The predicted molar refractivity (Wildman–Crippen MR) is 134 cm³/mol. The first-order valence-corrected chi connectivity index (χ1v) is 13.1. The number of amides is 2. The molecule has 230 valence electrons. The standard InChI is InChI=1S/C27H20F7N7O3/c28-16-3-1-12(5-20(16)44-27(32,33)34)10-35-21(42)18-7-19(37-11-36-18)22(43)38-17-4-2-13-8-25(9-14(25)6-15(13)17)23-39-24(41-40-23)26(29,30)31/h1,3,5-8,11,14,17H,2,4,9-10H2,(H,35,42)(H,38,43)(H,39,40,41)/t14?,17-,25-/m1/s1. The third-order valence-electron chi connectivity index (χ3n) is 7.61. The molecule has 17 heteroatoms. The highest BCUT2D eigenvalue weighted by molar-refractivity contribution is 5.97. The summed E-state index contributed by atoms with van der Waals surface area (Å²) in [6.45, 7) is -0.293. The van der Waals surface area contributed by atoms with Crippen molar-refractivity contribution in [2.24, 2.45) is 5.92 Å². The molecule has 3 atom stereocenters. The lowest BCUT2D eigenvalue weighted by molar-refractivity contribution is -0.275. The van der Waals surface area contributed by atoms with Gasteiger partial charge in [-0.3, -0.25) is 14.7 Å². The Morgan fingerprint density at radius 3 is 2.52 bits per heavy atom. The molecule has 3 N–H and O–H groups in total. The van der Waals surface area contributed by atoms with E-state index in [0.29, 0.717) is 19.3 Å². The second-order valence-electron chi connectivity index (χ2n) is 10.5. The normalized spacial score (nSPS) is 22.3. The number of aromatic amines is 1. The molecule has 2 amide bonds. The van der Waals surface area contributed by atoms with E-state index in [-0.39, 0.29) is 35.2 Å². The van der Waals surface area contributed by atoms with Crippen LogP contribution < -0.4 is 15.4 Å². The van der Waals surface area contributed by atoms with E-state index in [0.717, 1.165) is 35.7 Å². The number of nitrogens with one attached hydrogen (secondary N) is 3. The van der Waals surface area contributed by atoms with Crippen LogP contribution in [0.3, 0.4) is 0 Å². The number of carbonyl (C=O) groups is 2. The summed E-state index contributed by atoms with van der Waals surface area (Å²) in [4.78, 5) is 37.1. The van der Waals surface area contributed by atoms with Gasteiger partial charge < -0.3 is 15.4 Å². The van der Waals surface area contributed by atoms with Crippen LogP contribution in [0, 0.1) is 11.7 Å². The highest BCUT2D eigenvalue weighted by Gasteiger charge is 2.58. The minimum absolute atomic E-state index is 0.112. The fourth-order valence-corrected chi connectivity index (χ4v) is 5.47. The van der Waals surface area contributed by atoms with Gasteiger partial charge in [0.15, 0.2) is 11.6 Å². The van der Waals surface area contributed by atoms with Crippen molar-refractivity contribution in [3.8, 4) is 5.75 Å². The summed E-state index contributed by atoms with van der Waals surface area (Å²) < 4.78 is 93.7. The summed E-state index contributed by atoms with van der Waals surface area (Å²) in [6.07, 6.45) is -3.28. The van der Waals surface area contributed by atoms with E-state index < -0.39 is 53.2 Å². The maximum Gasteiger partial charge on any atom is 0.573 e. The van der Waals surface area contributed by atoms with Gasteiger partial charge in [0.2, 0.25) is 0 Å². The molecule has 1 unspecified atom stereocenters. The van der Waals surface area contributed by atoms with Crippen LogP contribution in [-0.4, -0.2) is 49.4 Å². The number of aromatic nitrogens is 5. The molecule has 44 heavy (non-hydrogen) atoms. The molecular weight excluding hydrogens is 603 g/mol. The van der Waals surface area contributed by atoms with E-state index >= 15 is 0 Å². The molecule has 2 heterocycles. The van der Waals surface area contributed by atoms with Gasteiger partial charge in [0, 0.05) is 12.6 Å². The van der Waals surface area contributed by atoms with Gasteiger partial charge >= 0.3 is 12.5 Å². The van der Waals surface area contributed by atoms with Gasteiger partial charge in [0.05, 0.1) is 11.5 Å². The number of hydrogen-bond acceptors (Lipinski definition) is 7. The Hall–Kier alpha value is -4.83. The van der Waals surface area contributed by atoms with Gasteiger partial charge in [-0.25, -0.2) is 19.3 Å². The Morgan fingerprint density at radius 1 is 1.07 bits per heavy atom. The zero-order valence-corrected chi connectivity index (χ0v) is 22.2. The van der Waals surface area contributed by atoms with Crippen molar-refractivity contribution < 1.29 is 45.1 Å². The number of rotatable bonds is 7. The lowest BCUT2D eigenvalue weighted by Crippen LogP contribution is -2.35. The maximum atomic E-state index is 13.7. The molecule has 2 saturated carbocycles. The lowest BCUT2D eigenvalue weighted by atomic mass is 9.90. The van der Waals surface area contributed by atoms with E-state index in [1.54, 1.807) is 0 Å². The molecule has 0 bridgehead atoms. The van der Waals surface area contributed by atoms with Crippen LogP contribution in [0.2, 0.25) is 0 Å². The van der Waals surface area contributed by atoms with Crippen LogP contribution in [0.25, 0.3) is 0 Å². The minimum atomic E-state index is -5.10. The average Bonchev–Trinajstić information content (AvgIpc) is 3.25. The highest BCUT2D eigenvalue weighted by Crippen LogP contribution is 2.60. The number of ether oxygens (including phenoxy) is 1. The van der Waals surface area contributed by atoms with Crippen molar-refractivity contribution in [1.29, 1.82) is 0 Å². The zero-order valence-electron chi connectivity index (χ0n) is 22.2. The molecule has 0 saturated heterocycles. The Morgan fingerprint density at radius 2 is 1.82 bits per heavy atom. The minimum Gasteiger partial charge on any atom is -0.403 e. The molecule has 3 aromatic rings. The van der Waals surface area contributed by atoms with E-state index in [4.69, 9.17) is 0 Å². The number of fused-ring (bicyclic) bond motifs is 2. The molecule has 3 aliphatic carbocycles. The summed E-state index contributed by atoms with van der Waals surface area (Å²) in [6, 6.07) is 3.47. The van der Waals surface area contributed by atoms with Crippen molar-refractivity contribution in [2.45, 2.75) is 49.8 Å². The van der Waals surface area contributed by atoms with Gasteiger partial charge in [-0.1, -0.05) is 18.2 Å². The second-order valence-corrected chi connectivity index (χ2v) is 10.5. The van der Waals surface area contributed by atoms with Crippen molar-refractivity contribution in [2.75, 3.05) is 0 Å². The van der Waals surface area contributed by atoms with E-state index in [2.05, 4.69) is 40.5 Å². The molecule has 0 aliphatic heterocycles. The number of halogens is 7. The molecule has 0 spiro atoms. The predicted octanol–water partition coefficient (Wildman–Crippen LogP) is 4.30. The van der Waals surface area contributed by atoms with Crippen LogP contribution in [0.5, 0.6) is 5.75 Å². The Labute approximate surface area is 242 Å². The Bertz CT molecular complexity index is 1720. The fraction of sp³-hybridized carbons (Fsp3) is 0.333. The van der Waals surface area contributed by atoms with Crippen LogP contribution in [0.1, 0.15) is 57.5 Å². The smallest absolute Gasteiger partial charge is 0.403 e. The Kier molecular flexibility index (Phi) is 6.92. The largest absolute Gasteiger partial charge is 0.573 e. The van der Waals surface area contributed by atoms with Crippen LogP contribution in [0.4, 0.5) is 30.7 Å². The van der Waals surface area contributed by atoms with Crippen LogP contribution in [-0.2, 0) is 18.1 Å². The summed E-state index contributed by atoms with van der Waals surface area (Å²) in [5.41, 5.74) is 0.846. The van der Waals surface area contributed by atoms with Crippen LogP contribution >= 0.6 is 0 Å². The number of nitrogens with zero attached hydrogens (tertiary/aromatic N) is 4. The summed E-state index contributed by atoms with van der Waals surface area (Å²) in [5, 5.41) is 11.0. The average molecular weight is 623 g/mol. The quantitative estimate of drug-likeness (QED) is 0.334. The van der Waals surface area contributed by atoms with Gasteiger partial charge in [-0.2, -0.15) is 13.2 Å². The van der Waals surface area contributed by atoms with Crippen molar-refractivity contribution in [3.63, 3.8) is 0 Å². The van der Waals surface area contributed by atoms with Gasteiger partial charge in [0.1, 0.15) is 23.5 Å². The van der Waals surface area contributed by atoms with E-state index in [1.807, 2.05) is 12.2 Å². The number of alkyl halides is 6.